The molecule has 0 aliphatic rings. The lowest BCUT2D eigenvalue weighted by atomic mass is 10.4. The van der Waals surface area contributed by atoms with Crippen LogP contribution in [-0.4, -0.2) is 20.9 Å². The van der Waals surface area contributed by atoms with Crippen LogP contribution in [0.5, 0.6) is 0 Å². The molecule has 3 N–H and O–H groups in total. The van der Waals surface area contributed by atoms with Gasteiger partial charge in [-0.2, -0.15) is 0 Å². The summed E-state index contributed by atoms with van der Waals surface area (Å²) in [6.07, 6.45) is 2.86. The van der Waals surface area contributed by atoms with E-state index in [2.05, 4.69) is 36.2 Å². The number of pyridine rings is 1. The van der Waals surface area contributed by atoms with Gasteiger partial charge in [-0.05, 0) is 28.1 Å². The second-order valence-corrected chi connectivity index (χ2v) is 3.80. The third kappa shape index (κ3) is 2.19. The van der Waals surface area contributed by atoms with E-state index in [1.807, 2.05) is 0 Å². The van der Waals surface area contributed by atoms with E-state index in [1.165, 1.54) is 6.20 Å². The number of aromatic amines is 2. The number of anilines is 1. The molecule has 6 nitrogen and oxygen atoms in total. The van der Waals surface area contributed by atoms with Gasteiger partial charge >= 0.3 is 5.69 Å². The fourth-order valence-corrected chi connectivity index (χ4v) is 1.46. The van der Waals surface area contributed by atoms with Crippen molar-refractivity contribution in [2.75, 3.05) is 5.32 Å². The number of H-pyrrole nitrogens is 2. The van der Waals surface area contributed by atoms with Crippen molar-refractivity contribution < 1.29 is 4.79 Å². The van der Waals surface area contributed by atoms with Gasteiger partial charge in [0, 0.05) is 12.4 Å². The van der Waals surface area contributed by atoms with Crippen LogP contribution >= 0.6 is 15.9 Å². The molecular weight excluding hydrogens is 276 g/mol. The number of nitrogens with zero attached hydrogens (tertiary/aromatic N) is 1. The van der Waals surface area contributed by atoms with Gasteiger partial charge < -0.3 is 15.3 Å². The maximum atomic E-state index is 11.6. The van der Waals surface area contributed by atoms with Crippen LogP contribution in [0, 0.1) is 0 Å². The number of carbonyl (C=O) groups excluding carboxylic acids is 1. The van der Waals surface area contributed by atoms with E-state index < -0.39 is 11.6 Å². The van der Waals surface area contributed by atoms with Gasteiger partial charge in [0.15, 0.2) is 0 Å². The highest BCUT2D eigenvalue weighted by Crippen LogP contribution is 2.18. The molecule has 16 heavy (non-hydrogen) atoms. The van der Waals surface area contributed by atoms with Crippen LogP contribution in [0.15, 0.2) is 33.8 Å². The largest absolute Gasteiger partial charge is 0.323 e. The summed E-state index contributed by atoms with van der Waals surface area (Å²) in [5.41, 5.74) is -0.271. The van der Waals surface area contributed by atoms with Crippen LogP contribution < -0.4 is 11.0 Å². The molecule has 0 bridgehead atoms. The van der Waals surface area contributed by atoms with Gasteiger partial charge in [0.25, 0.3) is 5.91 Å². The Hall–Kier alpha value is -1.89. The summed E-state index contributed by atoms with van der Waals surface area (Å²) >= 11 is 3.25. The average molecular weight is 283 g/mol. The van der Waals surface area contributed by atoms with Crippen LogP contribution in [0.1, 0.15) is 10.5 Å². The van der Waals surface area contributed by atoms with Crippen molar-refractivity contribution in [1.29, 1.82) is 0 Å². The summed E-state index contributed by atoms with van der Waals surface area (Å²) in [7, 11) is 0. The summed E-state index contributed by atoms with van der Waals surface area (Å²) in [5, 5.41) is 2.55. The summed E-state index contributed by atoms with van der Waals surface area (Å²) in [5.74, 6) is -0.0349. The number of imidazole rings is 1. The van der Waals surface area contributed by atoms with Crippen molar-refractivity contribution in [1.82, 2.24) is 15.0 Å². The molecule has 0 aromatic carbocycles. The molecule has 0 unspecified atom stereocenters. The van der Waals surface area contributed by atoms with Gasteiger partial charge in [-0.25, -0.2) is 9.78 Å². The number of amides is 1. The standard InChI is InChI=1S/C9H7BrN4O2/c10-5-2-1-3-11-7(5)14-8(15)6-4-12-9(16)13-6/h1-4H,(H,11,14,15)(H2,12,13,16). The topological polar surface area (TPSA) is 90.6 Å². The zero-order valence-electron chi connectivity index (χ0n) is 7.95. The highest BCUT2D eigenvalue weighted by Gasteiger charge is 2.10. The fourth-order valence-electron chi connectivity index (χ4n) is 1.11. The molecule has 0 saturated heterocycles. The van der Waals surface area contributed by atoms with Gasteiger partial charge in [-0.1, -0.05) is 0 Å². The highest BCUT2D eigenvalue weighted by atomic mass is 79.9. The first-order valence-electron chi connectivity index (χ1n) is 4.36. The van der Waals surface area contributed by atoms with Crippen LogP contribution in [0.3, 0.4) is 0 Å². The number of hydrogen-bond acceptors (Lipinski definition) is 3. The number of nitrogens with one attached hydrogen (secondary N) is 3. The molecule has 0 fully saturated rings. The number of rotatable bonds is 2. The molecule has 0 aliphatic carbocycles. The molecule has 2 heterocycles. The van der Waals surface area contributed by atoms with Crippen LogP contribution in [-0.2, 0) is 0 Å². The van der Waals surface area contributed by atoms with Crippen LogP contribution in [0.2, 0.25) is 0 Å². The summed E-state index contributed by atoms with van der Waals surface area (Å²) in [6, 6.07) is 3.49. The average Bonchev–Trinajstić information content (AvgIpc) is 2.68. The Kier molecular flexibility index (Phi) is 2.86. The van der Waals surface area contributed by atoms with Gasteiger partial charge in [-0.3, -0.25) is 4.79 Å². The quantitative estimate of drug-likeness (QED) is 0.771. The first kappa shape index (κ1) is 10.6. The Labute approximate surface area is 98.2 Å². The van der Waals surface area contributed by atoms with Crippen molar-refractivity contribution in [3.05, 3.63) is 45.2 Å². The number of carbonyl (C=O) groups is 1. The molecule has 2 aromatic heterocycles. The van der Waals surface area contributed by atoms with Crippen molar-refractivity contribution in [3.8, 4) is 0 Å². The van der Waals surface area contributed by atoms with E-state index >= 15 is 0 Å². The number of halogens is 1. The molecule has 0 aliphatic heterocycles. The van der Waals surface area contributed by atoms with E-state index in [9.17, 15) is 9.59 Å². The minimum absolute atomic E-state index is 0.155. The Balaban J connectivity index is 2.20. The second-order valence-electron chi connectivity index (χ2n) is 2.94. The first-order chi connectivity index (χ1) is 7.66. The van der Waals surface area contributed by atoms with Crippen molar-refractivity contribution in [2.45, 2.75) is 0 Å². The maximum Gasteiger partial charge on any atom is 0.323 e. The smallest absolute Gasteiger partial charge is 0.312 e. The molecule has 0 saturated carbocycles. The summed E-state index contributed by atoms with van der Waals surface area (Å²) in [6.45, 7) is 0. The van der Waals surface area contributed by atoms with Crippen molar-refractivity contribution in [2.24, 2.45) is 0 Å². The first-order valence-corrected chi connectivity index (χ1v) is 5.15. The van der Waals surface area contributed by atoms with Crippen LogP contribution in [0.25, 0.3) is 0 Å². The predicted octanol–water partition coefficient (Wildman–Crippen LogP) is 1.11. The van der Waals surface area contributed by atoms with Gasteiger partial charge in [0.05, 0.1) is 4.47 Å². The number of hydrogen-bond donors (Lipinski definition) is 3. The Bertz CT molecular complexity index is 575. The minimum Gasteiger partial charge on any atom is -0.312 e. The van der Waals surface area contributed by atoms with Gasteiger partial charge in [0.2, 0.25) is 0 Å². The molecular formula is C9H7BrN4O2. The Morgan fingerprint density at radius 2 is 2.31 bits per heavy atom. The van der Waals surface area contributed by atoms with Gasteiger partial charge in [-0.15, -0.1) is 0 Å². The zero-order valence-corrected chi connectivity index (χ0v) is 9.54. The molecule has 82 valence electrons. The molecule has 1 amide bonds. The Morgan fingerprint density at radius 1 is 1.50 bits per heavy atom. The molecule has 0 spiro atoms. The van der Waals surface area contributed by atoms with Crippen LogP contribution in [0.4, 0.5) is 5.82 Å². The molecule has 0 radical (unpaired) electrons. The highest BCUT2D eigenvalue weighted by molar-refractivity contribution is 9.10. The van der Waals surface area contributed by atoms with E-state index in [4.69, 9.17) is 0 Å². The normalized spacial score (nSPS) is 10.1. The van der Waals surface area contributed by atoms with Crippen molar-refractivity contribution >= 4 is 27.7 Å². The minimum atomic E-state index is -0.433. The SMILES string of the molecule is O=C(Nc1ncccc1Br)c1c[nH]c(=O)[nH]1. The Morgan fingerprint density at radius 3 is 2.94 bits per heavy atom. The number of aromatic nitrogens is 3. The van der Waals surface area contributed by atoms with E-state index in [1.54, 1.807) is 18.3 Å². The van der Waals surface area contributed by atoms with E-state index in [-0.39, 0.29) is 5.69 Å². The maximum absolute atomic E-state index is 11.6. The van der Waals surface area contributed by atoms with Gasteiger partial charge in [0.1, 0.15) is 11.5 Å². The monoisotopic (exact) mass is 282 g/mol. The molecule has 0 atom stereocenters. The lowest BCUT2D eigenvalue weighted by Gasteiger charge is -2.03. The lowest BCUT2D eigenvalue weighted by Crippen LogP contribution is -2.15. The molecule has 2 aromatic rings. The summed E-state index contributed by atoms with van der Waals surface area (Å²) in [4.78, 5) is 31.1. The van der Waals surface area contributed by atoms with E-state index in [0.717, 1.165) is 0 Å². The summed E-state index contributed by atoms with van der Waals surface area (Å²) < 4.78 is 0.668. The fraction of sp³-hybridized carbons (Fsp3) is 0. The van der Waals surface area contributed by atoms with E-state index in [0.29, 0.717) is 10.3 Å². The predicted molar refractivity (Wildman–Crippen MR) is 61.3 cm³/mol. The lowest BCUT2D eigenvalue weighted by molar-refractivity contribution is 0.102. The zero-order chi connectivity index (χ0) is 11.5. The third-order valence-electron chi connectivity index (χ3n) is 1.83. The third-order valence-corrected chi connectivity index (χ3v) is 2.47. The molecule has 7 heteroatoms. The second kappa shape index (κ2) is 4.31. The van der Waals surface area contributed by atoms with Crippen molar-refractivity contribution in [3.63, 3.8) is 0 Å². The molecule has 2 rings (SSSR count).